The van der Waals surface area contributed by atoms with E-state index in [2.05, 4.69) is 10.3 Å². The minimum Gasteiger partial charge on any atom is -0.497 e. The Morgan fingerprint density at radius 2 is 1.97 bits per heavy atom. The van der Waals surface area contributed by atoms with Crippen molar-refractivity contribution in [2.45, 2.75) is 13.3 Å². The molecule has 1 N–H and O–H groups in total. The summed E-state index contributed by atoms with van der Waals surface area (Å²) in [6.45, 7) is 3.87. The van der Waals surface area contributed by atoms with Crippen molar-refractivity contribution < 1.29 is 14.3 Å². The highest BCUT2D eigenvalue weighted by atomic mass is 32.1. The zero-order chi connectivity index (χ0) is 20.9. The number of nitrogens with zero attached hydrogens (tertiary/aromatic N) is 1. The molecule has 0 unspecified atom stereocenters. The minimum absolute atomic E-state index is 0.0670. The van der Waals surface area contributed by atoms with Crippen molar-refractivity contribution in [2.24, 2.45) is 0 Å². The van der Waals surface area contributed by atoms with Gasteiger partial charge in [-0.1, -0.05) is 30.3 Å². The van der Waals surface area contributed by atoms with E-state index in [0.29, 0.717) is 24.6 Å². The maximum Gasteiger partial charge on any atom is 0.262 e. The van der Waals surface area contributed by atoms with Gasteiger partial charge in [0.2, 0.25) is 0 Å². The molecule has 1 amide bonds. The van der Waals surface area contributed by atoms with Gasteiger partial charge in [-0.25, -0.2) is 0 Å². The fourth-order valence-corrected chi connectivity index (χ4v) is 4.73. The molecule has 0 saturated heterocycles. The predicted molar refractivity (Wildman–Crippen MR) is 123 cm³/mol. The maximum atomic E-state index is 13.1. The third kappa shape index (κ3) is 4.01. The average Bonchev–Trinajstić information content (AvgIpc) is 3.19. The molecular weight excluding hydrogens is 396 g/mol. The topological polar surface area (TPSA) is 60.5 Å². The highest BCUT2D eigenvalue weighted by Gasteiger charge is 2.21. The summed E-state index contributed by atoms with van der Waals surface area (Å²) in [5.41, 5.74) is 2.82. The number of hydrogen-bond donors (Lipinski definition) is 1. The minimum atomic E-state index is -0.0670. The van der Waals surface area contributed by atoms with Crippen LogP contribution >= 0.6 is 11.3 Å². The Kier molecular flexibility index (Phi) is 6.26. The Hall–Kier alpha value is -2.96. The number of hydrogen-bond acceptors (Lipinski definition) is 5. The molecule has 0 aliphatic heterocycles. The van der Waals surface area contributed by atoms with Crippen molar-refractivity contribution in [1.29, 1.82) is 0 Å². The van der Waals surface area contributed by atoms with Crippen LogP contribution in [-0.2, 0) is 4.74 Å². The van der Waals surface area contributed by atoms with Gasteiger partial charge in [0.1, 0.15) is 10.6 Å². The Morgan fingerprint density at radius 1 is 1.13 bits per heavy atom. The van der Waals surface area contributed by atoms with Crippen LogP contribution in [0.25, 0.3) is 32.1 Å². The molecule has 30 heavy (non-hydrogen) atoms. The summed E-state index contributed by atoms with van der Waals surface area (Å²) in [5, 5.41) is 5.01. The largest absolute Gasteiger partial charge is 0.497 e. The van der Waals surface area contributed by atoms with Crippen molar-refractivity contribution in [3.8, 4) is 16.9 Å². The van der Waals surface area contributed by atoms with Crippen LogP contribution in [0.2, 0.25) is 0 Å². The van der Waals surface area contributed by atoms with Crippen molar-refractivity contribution in [2.75, 3.05) is 26.9 Å². The fourth-order valence-electron chi connectivity index (χ4n) is 3.49. The number of rotatable bonds is 8. The number of thiophene rings is 1. The molecule has 0 fully saturated rings. The van der Waals surface area contributed by atoms with Crippen molar-refractivity contribution in [1.82, 2.24) is 10.3 Å². The number of aromatic nitrogens is 1. The van der Waals surface area contributed by atoms with Gasteiger partial charge < -0.3 is 14.8 Å². The van der Waals surface area contributed by atoms with Crippen LogP contribution in [0, 0.1) is 0 Å². The van der Waals surface area contributed by atoms with Crippen LogP contribution in [0.1, 0.15) is 23.0 Å². The summed E-state index contributed by atoms with van der Waals surface area (Å²) in [6, 6.07) is 15.8. The van der Waals surface area contributed by atoms with E-state index < -0.39 is 0 Å². The molecule has 0 aliphatic carbocycles. The zero-order valence-corrected chi connectivity index (χ0v) is 17.9. The van der Waals surface area contributed by atoms with Gasteiger partial charge in [0.15, 0.2) is 0 Å². The van der Waals surface area contributed by atoms with Crippen molar-refractivity contribution in [3.05, 3.63) is 59.6 Å². The van der Waals surface area contributed by atoms with Crippen LogP contribution in [0.5, 0.6) is 5.75 Å². The molecule has 0 saturated carbocycles. The standard InChI is InChI=1S/C24H24N2O3S/c1-3-29-13-7-12-25-24(27)23-21(16-8-5-4-6-9-16)19-15-26-20-11-10-17(28-2)14-18(20)22(19)30-23/h4-6,8-11,14-15H,3,7,12-13H2,1-2H3,(H,25,27). The first-order valence-corrected chi connectivity index (χ1v) is 10.8. The van der Waals surface area contributed by atoms with E-state index in [1.165, 1.54) is 11.3 Å². The number of ether oxygens (including phenoxy) is 2. The number of amides is 1. The third-order valence-electron chi connectivity index (χ3n) is 4.95. The van der Waals surface area contributed by atoms with E-state index in [1.54, 1.807) is 7.11 Å². The molecule has 0 atom stereocenters. The van der Waals surface area contributed by atoms with E-state index in [-0.39, 0.29) is 5.91 Å². The Balaban J connectivity index is 1.81. The third-order valence-corrected chi connectivity index (χ3v) is 6.19. The summed E-state index contributed by atoms with van der Waals surface area (Å²) in [6.07, 6.45) is 2.65. The molecule has 0 aliphatic rings. The van der Waals surface area contributed by atoms with Gasteiger partial charge >= 0.3 is 0 Å². The molecule has 0 radical (unpaired) electrons. The second kappa shape index (κ2) is 9.24. The molecule has 6 heteroatoms. The lowest BCUT2D eigenvalue weighted by molar-refractivity contribution is 0.0949. The van der Waals surface area contributed by atoms with Crippen molar-refractivity contribution >= 4 is 38.2 Å². The van der Waals surface area contributed by atoms with Gasteiger partial charge in [-0.15, -0.1) is 11.3 Å². The molecule has 2 aromatic carbocycles. The lowest BCUT2D eigenvalue weighted by atomic mass is 10.0. The van der Waals surface area contributed by atoms with Crippen LogP contribution < -0.4 is 10.1 Å². The highest BCUT2D eigenvalue weighted by Crippen LogP contribution is 2.42. The number of methoxy groups -OCH3 is 1. The smallest absolute Gasteiger partial charge is 0.262 e. The number of pyridine rings is 1. The summed E-state index contributed by atoms with van der Waals surface area (Å²) in [7, 11) is 1.65. The molecule has 4 rings (SSSR count). The van der Waals surface area contributed by atoms with Gasteiger partial charge in [0, 0.05) is 47.0 Å². The maximum absolute atomic E-state index is 13.1. The SMILES string of the molecule is CCOCCCNC(=O)c1sc2c(cnc3ccc(OC)cc32)c1-c1ccccc1. The van der Waals surface area contributed by atoms with E-state index in [4.69, 9.17) is 9.47 Å². The molecule has 5 nitrogen and oxygen atoms in total. The number of benzene rings is 2. The van der Waals surface area contributed by atoms with E-state index in [0.717, 1.165) is 44.3 Å². The molecule has 0 spiro atoms. The van der Waals surface area contributed by atoms with E-state index >= 15 is 0 Å². The summed E-state index contributed by atoms with van der Waals surface area (Å²) < 4.78 is 11.8. The van der Waals surface area contributed by atoms with Crippen LogP contribution in [0.15, 0.2) is 54.7 Å². The molecule has 2 aromatic heterocycles. The van der Waals surface area contributed by atoms with Gasteiger partial charge in [0.05, 0.1) is 12.6 Å². The second-order valence-corrected chi connectivity index (χ2v) is 7.88. The molecular formula is C24H24N2O3S. The Bertz CT molecular complexity index is 1170. The number of carbonyl (C=O) groups excluding carboxylic acids is 1. The molecule has 2 heterocycles. The second-order valence-electron chi connectivity index (χ2n) is 6.86. The number of fused-ring (bicyclic) bond motifs is 3. The first-order chi connectivity index (χ1) is 14.7. The van der Waals surface area contributed by atoms with E-state index in [1.807, 2.05) is 61.7 Å². The molecule has 0 bridgehead atoms. The molecule has 154 valence electrons. The Labute approximate surface area is 179 Å². The fraction of sp³-hybridized carbons (Fsp3) is 0.250. The van der Waals surface area contributed by atoms with Crippen molar-refractivity contribution in [3.63, 3.8) is 0 Å². The van der Waals surface area contributed by atoms with Gasteiger partial charge in [-0.05, 0) is 37.1 Å². The highest BCUT2D eigenvalue weighted by molar-refractivity contribution is 7.22. The molecule has 4 aromatic rings. The van der Waals surface area contributed by atoms with Gasteiger partial charge in [-0.3, -0.25) is 9.78 Å². The zero-order valence-electron chi connectivity index (χ0n) is 17.1. The summed E-state index contributed by atoms with van der Waals surface area (Å²) >= 11 is 1.50. The first-order valence-electron chi connectivity index (χ1n) is 10.0. The van der Waals surface area contributed by atoms with E-state index in [9.17, 15) is 4.79 Å². The lowest BCUT2D eigenvalue weighted by Crippen LogP contribution is -2.24. The number of carbonyl (C=O) groups is 1. The van der Waals surface area contributed by atoms with Gasteiger partial charge in [0.25, 0.3) is 5.91 Å². The lowest BCUT2D eigenvalue weighted by Gasteiger charge is -2.07. The monoisotopic (exact) mass is 420 g/mol. The first kappa shape index (κ1) is 20.3. The van der Waals surface area contributed by atoms with Crippen LogP contribution in [0.4, 0.5) is 0 Å². The van der Waals surface area contributed by atoms with Crippen LogP contribution in [-0.4, -0.2) is 37.8 Å². The predicted octanol–water partition coefficient (Wildman–Crippen LogP) is 5.28. The van der Waals surface area contributed by atoms with Crippen LogP contribution in [0.3, 0.4) is 0 Å². The normalized spacial score (nSPS) is 11.1. The average molecular weight is 421 g/mol. The Morgan fingerprint density at radius 3 is 2.73 bits per heavy atom. The number of nitrogens with one attached hydrogen (secondary N) is 1. The summed E-state index contributed by atoms with van der Waals surface area (Å²) in [5.74, 6) is 0.705. The summed E-state index contributed by atoms with van der Waals surface area (Å²) in [4.78, 5) is 18.5. The van der Waals surface area contributed by atoms with Gasteiger partial charge in [-0.2, -0.15) is 0 Å². The quantitative estimate of drug-likeness (QED) is 0.394.